The van der Waals surface area contributed by atoms with E-state index in [4.69, 9.17) is 10.5 Å². The SMILES string of the molecule is Nc1c2c(nc3ccccc13)CCCCO2. The number of nitrogens with zero attached hydrogens (tertiary/aromatic N) is 1. The number of fused-ring (bicyclic) bond motifs is 2. The van der Waals surface area contributed by atoms with Gasteiger partial charge in [-0.15, -0.1) is 0 Å². The molecule has 2 aromatic rings. The molecule has 1 aliphatic rings. The number of benzene rings is 1. The number of nitrogens with two attached hydrogens (primary N) is 1. The van der Waals surface area contributed by atoms with Gasteiger partial charge in [-0.05, 0) is 25.3 Å². The normalized spacial score (nSPS) is 15.2. The van der Waals surface area contributed by atoms with Gasteiger partial charge in [0, 0.05) is 5.39 Å². The predicted molar refractivity (Wildman–Crippen MR) is 64.6 cm³/mol. The fourth-order valence-electron chi connectivity index (χ4n) is 2.17. The Balaban J connectivity index is 2.29. The van der Waals surface area contributed by atoms with Crippen molar-refractivity contribution in [3.05, 3.63) is 30.0 Å². The molecule has 0 atom stereocenters. The summed E-state index contributed by atoms with van der Waals surface area (Å²) < 4.78 is 5.70. The van der Waals surface area contributed by atoms with E-state index in [9.17, 15) is 0 Å². The average Bonchev–Trinajstić information content (AvgIpc) is 2.55. The smallest absolute Gasteiger partial charge is 0.164 e. The van der Waals surface area contributed by atoms with E-state index in [-0.39, 0.29) is 0 Å². The van der Waals surface area contributed by atoms with Crippen LogP contribution in [-0.4, -0.2) is 11.6 Å². The third-order valence-corrected chi connectivity index (χ3v) is 3.01. The number of aryl methyl sites for hydroxylation is 1. The van der Waals surface area contributed by atoms with Crippen LogP contribution in [0.1, 0.15) is 18.5 Å². The second-order valence-corrected chi connectivity index (χ2v) is 4.12. The van der Waals surface area contributed by atoms with Crippen molar-refractivity contribution in [2.24, 2.45) is 0 Å². The van der Waals surface area contributed by atoms with Crippen LogP contribution in [0, 0.1) is 0 Å². The predicted octanol–water partition coefficient (Wildman–Crippen LogP) is 2.53. The Morgan fingerprint density at radius 1 is 1.19 bits per heavy atom. The summed E-state index contributed by atoms with van der Waals surface area (Å²) in [7, 11) is 0. The molecule has 82 valence electrons. The van der Waals surface area contributed by atoms with Crippen LogP contribution in [0.2, 0.25) is 0 Å². The molecular weight excluding hydrogens is 200 g/mol. The first-order valence-electron chi connectivity index (χ1n) is 5.66. The van der Waals surface area contributed by atoms with Crippen molar-refractivity contribution in [3.8, 4) is 5.75 Å². The third-order valence-electron chi connectivity index (χ3n) is 3.01. The van der Waals surface area contributed by atoms with Crippen LogP contribution in [0.4, 0.5) is 5.69 Å². The molecule has 3 nitrogen and oxygen atoms in total. The van der Waals surface area contributed by atoms with Crippen molar-refractivity contribution in [2.75, 3.05) is 12.3 Å². The zero-order chi connectivity index (χ0) is 11.0. The van der Waals surface area contributed by atoms with Gasteiger partial charge in [0.15, 0.2) is 5.75 Å². The Bertz CT molecular complexity index is 537. The van der Waals surface area contributed by atoms with E-state index in [1.54, 1.807) is 0 Å². The van der Waals surface area contributed by atoms with Gasteiger partial charge in [0.25, 0.3) is 0 Å². The highest BCUT2D eigenvalue weighted by Crippen LogP contribution is 2.34. The number of hydrogen-bond donors (Lipinski definition) is 1. The molecule has 0 radical (unpaired) electrons. The molecule has 2 heterocycles. The van der Waals surface area contributed by atoms with Crippen LogP contribution in [0.5, 0.6) is 5.75 Å². The Morgan fingerprint density at radius 3 is 3.00 bits per heavy atom. The van der Waals surface area contributed by atoms with E-state index in [0.717, 1.165) is 53.9 Å². The molecule has 16 heavy (non-hydrogen) atoms. The van der Waals surface area contributed by atoms with Gasteiger partial charge >= 0.3 is 0 Å². The number of anilines is 1. The highest BCUT2D eigenvalue weighted by Gasteiger charge is 2.16. The lowest BCUT2D eigenvalue weighted by Gasteiger charge is -2.11. The van der Waals surface area contributed by atoms with E-state index in [2.05, 4.69) is 4.98 Å². The Kier molecular flexibility index (Phi) is 2.17. The summed E-state index contributed by atoms with van der Waals surface area (Å²) >= 11 is 0. The van der Waals surface area contributed by atoms with Gasteiger partial charge in [0.05, 0.1) is 23.5 Å². The van der Waals surface area contributed by atoms with Gasteiger partial charge in [-0.3, -0.25) is 0 Å². The molecule has 0 saturated heterocycles. The van der Waals surface area contributed by atoms with Gasteiger partial charge < -0.3 is 10.5 Å². The lowest BCUT2D eigenvalue weighted by atomic mass is 10.1. The number of aromatic nitrogens is 1. The zero-order valence-electron chi connectivity index (χ0n) is 9.07. The molecule has 3 heteroatoms. The summed E-state index contributed by atoms with van der Waals surface area (Å²) in [5, 5.41) is 0.989. The van der Waals surface area contributed by atoms with E-state index in [0.29, 0.717) is 0 Å². The van der Waals surface area contributed by atoms with E-state index < -0.39 is 0 Å². The lowest BCUT2D eigenvalue weighted by Crippen LogP contribution is -2.02. The topological polar surface area (TPSA) is 48.1 Å². The molecule has 0 aliphatic carbocycles. The third kappa shape index (κ3) is 1.40. The number of para-hydroxylation sites is 1. The number of nitrogen functional groups attached to an aromatic ring is 1. The van der Waals surface area contributed by atoms with Crippen molar-refractivity contribution in [2.45, 2.75) is 19.3 Å². The summed E-state index contributed by atoms with van der Waals surface area (Å²) in [5.74, 6) is 0.802. The first kappa shape index (κ1) is 9.46. The molecule has 0 saturated carbocycles. The van der Waals surface area contributed by atoms with Crippen molar-refractivity contribution < 1.29 is 4.74 Å². The molecular formula is C13H14N2O. The van der Waals surface area contributed by atoms with Gasteiger partial charge in [-0.1, -0.05) is 18.2 Å². The summed E-state index contributed by atoms with van der Waals surface area (Å²) in [5.41, 5.74) is 8.85. The molecule has 0 bridgehead atoms. The lowest BCUT2D eigenvalue weighted by molar-refractivity contribution is 0.318. The number of hydrogen-bond acceptors (Lipinski definition) is 3. The van der Waals surface area contributed by atoms with Crippen molar-refractivity contribution in [1.29, 1.82) is 0 Å². The first-order chi connectivity index (χ1) is 7.86. The molecule has 3 rings (SSSR count). The molecule has 1 aromatic carbocycles. The van der Waals surface area contributed by atoms with Gasteiger partial charge in [-0.25, -0.2) is 4.98 Å². The van der Waals surface area contributed by atoms with E-state index in [1.165, 1.54) is 0 Å². The van der Waals surface area contributed by atoms with Crippen molar-refractivity contribution >= 4 is 16.6 Å². The maximum absolute atomic E-state index is 6.14. The minimum atomic E-state index is 0.738. The summed E-state index contributed by atoms with van der Waals surface area (Å²) in [6.07, 6.45) is 3.16. The average molecular weight is 214 g/mol. The summed E-state index contributed by atoms with van der Waals surface area (Å²) in [4.78, 5) is 4.63. The maximum Gasteiger partial charge on any atom is 0.164 e. The second-order valence-electron chi connectivity index (χ2n) is 4.12. The maximum atomic E-state index is 6.14. The quantitative estimate of drug-likeness (QED) is 0.733. The van der Waals surface area contributed by atoms with Crippen LogP contribution in [0.15, 0.2) is 24.3 Å². The standard InChI is InChI=1S/C13H14N2O/c14-12-9-5-1-2-6-10(9)15-11-7-3-4-8-16-13(11)12/h1-2,5-6H,3-4,7-8H2,(H2,14,15). The second kappa shape index (κ2) is 3.67. The van der Waals surface area contributed by atoms with E-state index in [1.807, 2.05) is 24.3 Å². The minimum Gasteiger partial charge on any atom is -0.489 e. The summed E-state index contributed by atoms with van der Waals surface area (Å²) in [6, 6.07) is 7.95. The van der Waals surface area contributed by atoms with Crippen LogP contribution < -0.4 is 10.5 Å². The number of pyridine rings is 1. The van der Waals surface area contributed by atoms with Crippen molar-refractivity contribution in [3.63, 3.8) is 0 Å². The molecule has 2 N–H and O–H groups in total. The number of rotatable bonds is 0. The molecule has 0 spiro atoms. The molecule has 0 fully saturated rings. The van der Waals surface area contributed by atoms with Crippen LogP contribution in [-0.2, 0) is 6.42 Å². The summed E-state index contributed by atoms with van der Waals surface area (Å²) in [6.45, 7) is 0.747. The molecule has 0 unspecified atom stereocenters. The monoisotopic (exact) mass is 214 g/mol. The Labute approximate surface area is 94.2 Å². The largest absolute Gasteiger partial charge is 0.489 e. The van der Waals surface area contributed by atoms with E-state index >= 15 is 0 Å². The van der Waals surface area contributed by atoms with Crippen LogP contribution in [0.3, 0.4) is 0 Å². The fourth-order valence-corrected chi connectivity index (χ4v) is 2.17. The van der Waals surface area contributed by atoms with Gasteiger partial charge in [-0.2, -0.15) is 0 Å². The Hall–Kier alpha value is -1.77. The molecule has 1 aliphatic heterocycles. The minimum absolute atomic E-state index is 0.738. The molecule has 1 aromatic heterocycles. The van der Waals surface area contributed by atoms with Gasteiger partial charge in [0.2, 0.25) is 0 Å². The zero-order valence-corrected chi connectivity index (χ0v) is 9.07. The Morgan fingerprint density at radius 2 is 2.06 bits per heavy atom. The first-order valence-corrected chi connectivity index (χ1v) is 5.66. The van der Waals surface area contributed by atoms with Gasteiger partial charge in [0.1, 0.15) is 0 Å². The molecule has 0 amide bonds. The van der Waals surface area contributed by atoms with Crippen molar-refractivity contribution in [1.82, 2.24) is 4.98 Å². The van der Waals surface area contributed by atoms with Crippen LogP contribution in [0.25, 0.3) is 10.9 Å². The number of ether oxygens (including phenoxy) is 1. The van der Waals surface area contributed by atoms with Crippen LogP contribution >= 0.6 is 0 Å². The highest BCUT2D eigenvalue weighted by molar-refractivity contribution is 5.93. The fraction of sp³-hybridized carbons (Fsp3) is 0.308. The highest BCUT2D eigenvalue weighted by atomic mass is 16.5.